The fourth-order valence-corrected chi connectivity index (χ4v) is 2.02. The largest absolute Gasteiger partial charge is 0.326 e. The van der Waals surface area contributed by atoms with Crippen molar-refractivity contribution in [2.45, 2.75) is 38.9 Å². The van der Waals surface area contributed by atoms with Gasteiger partial charge in [-0.25, -0.2) is 9.67 Å². The zero-order valence-electron chi connectivity index (χ0n) is 9.43. The summed E-state index contributed by atoms with van der Waals surface area (Å²) < 4.78 is 1.98. The van der Waals surface area contributed by atoms with Gasteiger partial charge in [0.05, 0.1) is 6.54 Å². The van der Waals surface area contributed by atoms with Gasteiger partial charge in [0.1, 0.15) is 12.2 Å². The Labute approximate surface area is 90.3 Å². The van der Waals surface area contributed by atoms with Crippen LogP contribution in [0, 0.1) is 0 Å². The molecule has 0 radical (unpaired) electrons. The first-order chi connectivity index (χ1) is 7.16. The fraction of sp³-hybridized carbons (Fsp3) is 0.800. The average Bonchev–Trinajstić information content (AvgIpc) is 2.75. The van der Waals surface area contributed by atoms with Crippen LogP contribution in [-0.4, -0.2) is 38.8 Å². The van der Waals surface area contributed by atoms with Crippen LogP contribution < -0.4 is 5.73 Å². The van der Waals surface area contributed by atoms with E-state index < -0.39 is 0 Å². The molecular weight excluding hydrogens is 190 g/mol. The molecule has 0 aliphatic carbocycles. The van der Waals surface area contributed by atoms with E-state index in [0.717, 1.165) is 31.9 Å². The first-order valence-corrected chi connectivity index (χ1v) is 5.53. The van der Waals surface area contributed by atoms with Crippen molar-refractivity contribution in [2.75, 3.05) is 13.1 Å². The SMILES string of the molecule is CC(C)n1ncnc1CN1CC[C@H](N)C1. The predicted octanol–water partition coefficient (Wildman–Crippen LogP) is 0.392. The molecule has 15 heavy (non-hydrogen) atoms. The van der Waals surface area contributed by atoms with Crippen LogP contribution in [0.5, 0.6) is 0 Å². The Kier molecular flexibility index (Phi) is 3.02. The van der Waals surface area contributed by atoms with E-state index >= 15 is 0 Å². The van der Waals surface area contributed by atoms with Gasteiger partial charge in [0.2, 0.25) is 0 Å². The van der Waals surface area contributed by atoms with Gasteiger partial charge in [-0.1, -0.05) is 0 Å². The number of nitrogens with zero attached hydrogens (tertiary/aromatic N) is 4. The number of aromatic nitrogens is 3. The quantitative estimate of drug-likeness (QED) is 0.782. The van der Waals surface area contributed by atoms with Crippen molar-refractivity contribution in [1.29, 1.82) is 0 Å². The van der Waals surface area contributed by atoms with Crippen molar-refractivity contribution in [3.05, 3.63) is 12.2 Å². The minimum absolute atomic E-state index is 0.334. The van der Waals surface area contributed by atoms with Crippen molar-refractivity contribution >= 4 is 0 Å². The third-order valence-corrected chi connectivity index (χ3v) is 2.81. The van der Waals surface area contributed by atoms with Gasteiger partial charge in [-0.2, -0.15) is 5.10 Å². The second-order valence-corrected chi connectivity index (χ2v) is 4.50. The van der Waals surface area contributed by atoms with Crippen LogP contribution >= 0.6 is 0 Å². The highest BCUT2D eigenvalue weighted by molar-refractivity contribution is 4.89. The molecular formula is C10H19N5. The molecule has 84 valence electrons. The van der Waals surface area contributed by atoms with Crippen molar-refractivity contribution in [3.8, 4) is 0 Å². The molecule has 0 amide bonds. The van der Waals surface area contributed by atoms with Gasteiger partial charge in [0, 0.05) is 25.2 Å². The molecule has 2 N–H and O–H groups in total. The molecule has 1 aliphatic heterocycles. The molecule has 0 aromatic carbocycles. The lowest BCUT2D eigenvalue weighted by molar-refractivity contribution is 0.305. The van der Waals surface area contributed by atoms with Gasteiger partial charge in [0.25, 0.3) is 0 Å². The van der Waals surface area contributed by atoms with E-state index in [2.05, 4.69) is 28.8 Å². The number of nitrogens with two attached hydrogens (primary N) is 1. The van der Waals surface area contributed by atoms with Crippen LogP contribution in [0.1, 0.15) is 32.1 Å². The van der Waals surface area contributed by atoms with Gasteiger partial charge in [-0.15, -0.1) is 0 Å². The van der Waals surface area contributed by atoms with Gasteiger partial charge >= 0.3 is 0 Å². The summed E-state index contributed by atoms with van der Waals surface area (Å²) in [6, 6.07) is 0.708. The van der Waals surface area contributed by atoms with Crippen LogP contribution in [-0.2, 0) is 6.54 Å². The predicted molar refractivity (Wildman–Crippen MR) is 58.3 cm³/mol. The van der Waals surface area contributed by atoms with Gasteiger partial charge < -0.3 is 5.73 Å². The molecule has 5 nitrogen and oxygen atoms in total. The minimum atomic E-state index is 0.334. The molecule has 5 heteroatoms. The molecule has 0 bridgehead atoms. The smallest absolute Gasteiger partial charge is 0.141 e. The molecule has 2 rings (SSSR count). The fourth-order valence-electron chi connectivity index (χ4n) is 2.02. The van der Waals surface area contributed by atoms with Crippen molar-refractivity contribution in [1.82, 2.24) is 19.7 Å². The summed E-state index contributed by atoms with van der Waals surface area (Å²) in [5, 5.41) is 4.22. The van der Waals surface area contributed by atoms with Crippen LogP contribution in [0.4, 0.5) is 0 Å². The van der Waals surface area contributed by atoms with Crippen molar-refractivity contribution in [2.24, 2.45) is 5.73 Å². The van der Waals surface area contributed by atoms with E-state index in [1.165, 1.54) is 0 Å². The summed E-state index contributed by atoms with van der Waals surface area (Å²) in [6.45, 7) is 7.16. The molecule has 1 aliphatic rings. The van der Waals surface area contributed by atoms with Crippen LogP contribution in [0.25, 0.3) is 0 Å². The first kappa shape index (κ1) is 10.6. The Morgan fingerprint density at radius 3 is 3.00 bits per heavy atom. The topological polar surface area (TPSA) is 60.0 Å². The van der Waals surface area contributed by atoms with Gasteiger partial charge in [0.15, 0.2) is 0 Å². The molecule has 1 aromatic heterocycles. The number of rotatable bonds is 3. The lowest BCUT2D eigenvalue weighted by Crippen LogP contribution is -2.27. The second kappa shape index (κ2) is 4.28. The number of likely N-dealkylation sites (tertiary alicyclic amines) is 1. The lowest BCUT2D eigenvalue weighted by Gasteiger charge is -2.16. The van der Waals surface area contributed by atoms with Gasteiger partial charge in [-0.05, 0) is 20.3 Å². The Balaban J connectivity index is 2.01. The highest BCUT2D eigenvalue weighted by atomic mass is 15.4. The monoisotopic (exact) mass is 209 g/mol. The number of hydrogen-bond acceptors (Lipinski definition) is 4. The molecule has 1 fully saturated rings. The summed E-state index contributed by atoms with van der Waals surface area (Å²) in [6.07, 6.45) is 2.72. The maximum Gasteiger partial charge on any atom is 0.141 e. The molecule has 1 atom stereocenters. The molecule has 0 unspecified atom stereocenters. The van der Waals surface area contributed by atoms with E-state index in [-0.39, 0.29) is 0 Å². The Morgan fingerprint density at radius 2 is 2.40 bits per heavy atom. The maximum atomic E-state index is 5.87. The highest BCUT2D eigenvalue weighted by Crippen LogP contribution is 2.12. The summed E-state index contributed by atoms with van der Waals surface area (Å²) in [5.74, 6) is 1.04. The summed E-state index contributed by atoms with van der Waals surface area (Å²) >= 11 is 0. The van der Waals surface area contributed by atoms with E-state index in [0.29, 0.717) is 12.1 Å². The van der Waals surface area contributed by atoms with E-state index in [4.69, 9.17) is 5.73 Å². The summed E-state index contributed by atoms with van der Waals surface area (Å²) in [7, 11) is 0. The van der Waals surface area contributed by atoms with Crippen LogP contribution in [0.2, 0.25) is 0 Å². The third kappa shape index (κ3) is 2.35. The minimum Gasteiger partial charge on any atom is -0.326 e. The molecule has 1 aromatic rings. The Morgan fingerprint density at radius 1 is 1.60 bits per heavy atom. The third-order valence-electron chi connectivity index (χ3n) is 2.81. The normalized spacial score (nSPS) is 22.8. The lowest BCUT2D eigenvalue weighted by atomic mass is 10.3. The zero-order valence-corrected chi connectivity index (χ0v) is 9.43. The average molecular weight is 209 g/mol. The summed E-state index contributed by atoms with van der Waals surface area (Å²) in [4.78, 5) is 6.64. The highest BCUT2D eigenvalue weighted by Gasteiger charge is 2.21. The molecule has 2 heterocycles. The van der Waals surface area contributed by atoms with Crippen LogP contribution in [0.3, 0.4) is 0 Å². The molecule has 0 spiro atoms. The molecule has 1 saturated heterocycles. The molecule has 0 saturated carbocycles. The van der Waals surface area contributed by atoms with Crippen molar-refractivity contribution < 1.29 is 0 Å². The van der Waals surface area contributed by atoms with Gasteiger partial charge in [-0.3, -0.25) is 4.90 Å². The van der Waals surface area contributed by atoms with Crippen molar-refractivity contribution in [3.63, 3.8) is 0 Å². The summed E-state index contributed by atoms with van der Waals surface area (Å²) in [5.41, 5.74) is 5.87. The van der Waals surface area contributed by atoms with E-state index in [1.807, 2.05) is 4.68 Å². The Bertz CT molecular complexity index is 319. The first-order valence-electron chi connectivity index (χ1n) is 5.53. The number of hydrogen-bond donors (Lipinski definition) is 1. The van der Waals surface area contributed by atoms with Crippen LogP contribution in [0.15, 0.2) is 6.33 Å². The van der Waals surface area contributed by atoms with E-state index in [1.54, 1.807) is 6.33 Å². The Hall–Kier alpha value is -0.940. The standard InChI is InChI=1S/C10H19N5/c1-8(2)15-10(12-7-13-15)6-14-4-3-9(11)5-14/h7-9H,3-6,11H2,1-2H3/t9-/m0/s1. The second-order valence-electron chi connectivity index (χ2n) is 4.50. The van der Waals surface area contributed by atoms with E-state index in [9.17, 15) is 0 Å². The zero-order chi connectivity index (χ0) is 10.8. The maximum absolute atomic E-state index is 5.87.